The molecule has 178 valence electrons. The van der Waals surface area contributed by atoms with E-state index < -0.39 is 12.1 Å². The molecular weight excluding hydrogens is 469 g/mol. The van der Waals surface area contributed by atoms with Crippen LogP contribution in [-0.4, -0.2) is 56.7 Å². The molecule has 1 fully saturated rings. The summed E-state index contributed by atoms with van der Waals surface area (Å²) in [5.74, 6) is -2.76. The zero-order chi connectivity index (χ0) is 24.1. The Morgan fingerprint density at radius 1 is 1.12 bits per heavy atom. The van der Waals surface area contributed by atoms with Crippen molar-refractivity contribution < 1.29 is 27.8 Å². The zero-order valence-corrected chi connectivity index (χ0v) is 18.7. The van der Waals surface area contributed by atoms with E-state index in [4.69, 9.17) is 14.6 Å². The molecule has 34 heavy (non-hydrogen) atoms. The van der Waals surface area contributed by atoms with Crippen LogP contribution in [0.5, 0.6) is 0 Å². The van der Waals surface area contributed by atoms with Gasteiger partial charge in [0.1, 0.15) is 11.8 Å². The zero-order valence-electron chi connectivity index (χ0n) is 17.9. The van der Waals surface area contributed by atoms with E-state index in [1.54, 1.807) is 11.3 Å². The van der Waals surface area contributed by atoms with Crippen molar-refractivity contribution >= 4 is 22.8 Å². The summed E-state index contributed by atoms with van der Waals surface area (Å²) in [4.78, 5) is 12.7. The second-order valence-electron chi connectivity index (χ2n) is 7.57. The Bertz CT molecular complexity index is 1230. The molecule has 1 atom stereocenters. The molecule has 4 heterocycles. The lowest BCUT2D eigenvalue weighted by Crippen LogP contribution is -2.37. The van der Waals surface area contributed by atoms with Gasteiger partial charge in [-0.1, -0.05) is 47.7 Å². The molecule has 5 rings (SSSR count). The Hall–Kier alpha value is -3.28. The summed E-state index contributed by atoms with van der Waals surface area (Å²) in [6, 6.07) is 18.8. The number of ether oxygens (including phenoxy) is 1. The largest absolute Gasteiger partial charge is 0.490 e. The molecule has 7 nitrogen and oxygen atoms in total. The molecule has 1 aromatic carbocycles. The van der Waals surface area contributed by atoms with Gasteiger partial charge in [0.2, 0.25) is 0 Å². The summed E-state index contributed by atoms with van der Waals surface area (Å²) in [5.41, 5.74) is 4.24. The van der Waals surface area contributed by atoms with Gasteiger partial charge >= 0.3 is 12.1 Å². The van der Waals surface area contributed by atoms with Gasteiger partial charge in [-0.15, -0.1) is 16.4 Å². The van der Waals surface area contributed by atoms with Gasteiger partial charge < -0.3 is 9.84 Å². The standard InChI is InChI=1S/C21H20N4OS.C2HF3O2/c1-2-5-16(6-3-1)17-8-9-19-21(22-23-25(19)13-17)20-15-24(10-11-26-20)14-18-7-4-12-27-18;3-2(4,5)1(6)7/h1-9,12-13,20H,10-11,14-15H2;(H,6,7). The highest BCUT2D eigenvalue weighted by molar-refractivity contribution is 7.09. The van der Waals surface area contributed by atoms with E-state index in [0.29, 0.717) is 0 Å². The molecule has 0 bridgehead atoms. The van der Waals surface area contributed by atoms with E-state index in [1.807, 2.05) is 28.9 Å². The van der Waals surface area contributed by atoms with Gasteiger partial charge in [0.25, 0.3) is 0 Å². The summed E-state index contributed by atoms with van der Waals surface area (Å²) in [6.07, 6.45) is -3.09. The van der Waals surface area contributed by atoms with Crippen LogP contribution in [0.3, 0.4) is 0 Å². The number of carbonyl (C=O) groups is 1. The van der Waals surface area contributed by atoms with Crippen LogP contribution in [0.2, 0.25) is 0 Å². The van der Waals surface area contributed by atoms with Gasteiger partial charge in [0, 0.05) is 36.3 Å². The van der Waals surface area contributed by atoms with Gasteiger partial charge in [-0.05, 0) is 23.1 Å². The fourth-order valence-corrected chi connectivity index (χ4v) is 4.33. The molecule has 11 heteroatoms. The van der Waals surface area contributed by atoms with Crippen molar-refractivity contribution in [2.24, 2.45) is 0 Å². The number of aliphatic carboxylic acids is 1. The molecule has 4 aromatic rings. The first kappa shape index (κ1) is 23.9. The molecule has 0 radical (unpaired) electrons. The third kappa shape index (κ3) is 5.79. The molecule has 1 saturated heterocycles. The molecule has 0 spiro atoms. The van der Waals surface area contributed by atoms with Crippen LogP contribution in [0.25, 0.3) is 16.6 Å². The molecular formula is C23H21F3N4O3S. The maximum Gasteiger partial charge on any atom is 0.490 e. The summed E-state index contributed by atoms with van der Waals surface area (Å²) in [5, 5.41) is 18.1. The number of hydrogen-bond donors (Lipinski definition) is 1. The summed E-state index contributed by atoms with van der Waals surface area (Å²) >= 11 is 1.80. The highest BCUT2D eigenvalue weighted by atomic mass is 32.1. The molecule has 1 N–H and O–H groups in total. The highest BCUT2D eigenvalue weighted by Crippen LogP contribution is 2.27. The minimum atomic E-state index is -5.08. The van der Waals surface area contributed by atoms with E-state index in [1.165, 1.54) is 10.4 Å². The molecule has 0 aliphatic carbocycles. The number of carboxylic acid groups (broad SMARTS) is 1. The number of pyridine rings is 1. The van der Waals surface area contributed by atoms with Crippen LogP contribution in [0.1, 0.15) is 16.7 Å². The van der Waals surface area contributed by atoms with Gasteiger partial charge in [0.15, 0.2) is 0 Å². The summed E-state index contributed by atoms with van der Waals surface area (Å²) < 4.78 is 39.6. The van der Waals surface area contributed by atoms with Crippen molar-refractivity contribution in [3.63, 3.8) is 0 Å². The van der Waals surface area contributed by atoms with E-state index in [0.717, 1.165) is 43.0 Å². The number of alkyl halides is 3. The molecule has 1 aliphatic heterocycles. The third-order valence-corrected chi connectivity index (χ3v) is 6.07. The maximum atomic E-state index is 10.6. The minimum Gasteiger partial charge on any atom is -0.475 e. The van der Waals surface area contributed by atoms with Gasteiger partial charge in [0.05, 0.1) is 12.1 Å². The Morgan fingerprint density at radius 3 is 2.56 bits per heavy atom. The minimum absolute atomic E-state index is 0.0428. The lowest BCUT2D eigenvalue weighted by atomic mass is 10.1. The van der Waals surface area contributed by atoms with Crippen molar-refractivity contribution in [1.82, 2.24) is 19.7 Å². The van der Waals surface area contributed by atoms with Crippen LogP contribution in [0, 0.1) is 0 Å². The average Bonchev–Trinajstić information content (AvgIpc) is 3.49. The number of rotatable bonds is 4. The first-order chi connectivity index (χ1) is 16.3. The molecule has 1 unspecified atom stereocenters. The number of thiophene rings is 1. The van der Waals surface area contributed by atoms with Crippen molar-refractivity contribution in [2.75, 3.05) is 19.7 Å². The first-order valence-electron chi connectivity index (χ1n) is 10.4. The number of aromatic nitrogens is 3. The number of hydrogen-bond acceptors (Lipinski definition) is 6. The number of carboxylic acids is 1. The molecule has 0 saturated carbocycles. The van der Waals surface area contributed by atoms with Crippen molar-refractivity contribution in [1.29, 1.82) is 0 Å². The van der Waals surface area contributed by atoms with Gasteiger partial charge in [-0.2, -0.15) is 13.2 Å². The van der Waals surface area contributed by atoms with Crippen LogP contribution in [-0.2, 0) is 16.1 Å². The third-order valence-electron chi connectivity index (χ3n) is 5.20. The molecule has 3 aromatic heterocycles. The number of halogens is 3. The fourth-order valence-electron chi connectivity index (χ4n) is 3.58. The van der Waals surface area contributed by atoms with Crippen LogP contribution >= 0.6 is 11.3 Å². The summed E-state index contributed by atoms with van der Waals surface area (Å²) in [7, 11) is 0. The normalized spacial score (nSPS) is 16.7. The predicted molar refractivity (Wildman–Crippen MR) is 120 cm³/mol. The van der Waals surface area contributed by atoms with Crippen molar-refractivity contribution in [3.05, 3.63) is 76.7 Å². The van der Waals surface area contributed by atoms with Gasteiger partial charge in [-0.3, -0.25) is 4.90 Å². The summed E-state index contributed by atoms with van der Waals surface area (Å²) in [6.45, 7) is 3.48. The topological polar surface area (TPSA) is 80.0 Å². The number of fused-ring (bicyclic) bond motifs is 1. The predicted octanol–water partition coefficient (Wildman–Crippen LogP) is 4.66. The van der Waals surface area contributed by atoms with E-state index in [9.17, 15) is 13.2 Å². The quantitative estimate of drug-likeness (QED) is 0.448. The van der Waals surface area contributed by atoms with Crippen LogP contribution in [0.15, 0.2) is 66.2 Å². The highest BCUT2D eigenvalue weighted by Gasteiger charge is 2.38. The lowest BCUT2D eigenvalue weighted by Gasteiger charge is -2.31. The second kappa shape index (κ2) is 10.3. The molecule has 1 aliphatic rings. The Morgan fingerprint density at radius 2 is 1.88 bits per heavy atom. The second-order valence-corrected chi connectivity index (χ2v) is 8.60. The first-order valence-corrected chi connectivity index (χ1v) is 11.3. The van der Waals surface area contributed by atoms with E-state index in [-0.39, 0.29) is 6.10 Å². The van der Waals surface area contributed by atoms with E-state index >= 15 is 0 Å². The Balaban J connectivity index is 0.000000344. The van der Waals surface area contributed by atoms with Gasteiger partial charge in [-0.25, -0.2) is 9.31 Å². The monoisotopic (exact) mass is 490 g/mol. The lowest BCUT2D eigenvalue weighted by molar-refractivity contribution is -0.192. The Kier molecular flexibility index (Phi) is 7.25. The average molecular weight is 491 g/mol. The number of nitrogens with zero attached hydrogens (tertiary/aromatic N) is 4. The maximum absolute atomic E-state index is 10.6. The SMILES string of the molecule is O=C(O)C(F)(F)F.c1ccc(-c2ccc3c(C4CN(Cc5cccs5)CCO4)nnn3c2)cc1. The van der Waals surface area contributed by atoms with Crippen molar-refractivity contribution in [3.8, 4) is 11.1 Å². The Labute approximate surface area is 197 Å². The van der Waals surface area contributed by atoms with Crippen LogP contribution < -0.4 is 0 Å². The number of morpholine rings is 1. The van der Waals surface area contributed by atoms with E-state index in [2.05, 4.69) is 57.0 Å². The van der Waals surface area contributed by atoms with Crippen molar-refractivity contribution in [2.45, 2.75) is 18.8 Å². The molecule has 0 amide bonds. The number of benzene rings is 1. The van der Waals surface area contributed by atoms with Crippen LogP contribution in [0.4, 0.5) is 13.2 Å². The fraction of sp³-hybridized carbons (Fsp3) is 0.261. The smallest absolute Gasteiger partial charge is 0.475 e.